The van der Waals surface area contributed by atoms with Gasteiger partial charge in [-0.05, 0) is 44.5 Å². The number of halogens is 1. The molecule has 23 heavy (non-hydrogen) atoms. The van der Waals surface area contributed by atoms with Gasteiger partial charge in [0.25, 0.3) is 0 Å². The van der Waals surface area contributed by atoms with E-state index in [9.17, 15) is 4.79 Å². The summed E-state index contributed by atoms with van der Waals surface area (Å²) in [5, 5.41) is 3.55. The summed E-state index contributed by atoms with van der Waals surface area (Å²) >= 11 is 7.75. The van der Waals surface area contributed by atoms with E-state index in [0.29, 0.717) is 22.2 Å². The second-order valence-electron chi connectivity index (χ2n) is 5.80. The monoisotopic (exact) mass is 356 g/mol. The number of piperidine rings is 1. The first kappa shape index (κ1) is 18.4. The van der Waals surface area contributed by atoms with Crippen molar-refractivity contribution in [3.05, 3.63) is 22.7 Å². The molecule has 0 bridgehead atoms. The molecule has 0 radical (unpaired) electrons. The molecule has 2 rings (SSSR count). The van der Waals surface area contributed by atoms with Gasteiger partial charge < -0.3 is 15.0 Å². The molecule has 1 amide bonds. The minimum atomic E-state index is -0.00586. The smallest absolute Gasteiger partial charge is 0.234 e. The van der Waals surface area contributed by atoms with E-state index >= 15 is 0 Å². The lowest BCUT2D eigenvalue weighted by molar-refractivity contribution is -0.113. The lowest BCUT2D eigenvalue weighted by Crippen LogP contribution is -2.31. The number of ether oxygens (including phenoxy) is 1. The second-order valence-corrected chi connectivity index (χ2v) is 7.32. The number of nitrogens with zero attached hydrogens (tertiary/aromatic N) is 1. The second kappa shape index (κ2) is 9.40. The van der Waals surface area contributed by atoms with Crippen molar-refractivity contribution in [2.75, 3.05) is 43.6 Å². The Hall–Kier alpha value is -0.910. The van der Waals surface area contributed by atoms with Crippen LogP contribution in [0.15, 0.2) is 12.1 Å². The van der Waals surface area contributed by atoms with E-state index in [2.05, 4.69) is 10.2 Å². The number of hydrogen-bond acceptors (Lipinski definition) is 4. The molecule has 1 aliphatic rings. The molecule has 1 aliphatic heterocycles. The Morgan fingerprint density at radius 1 is 1.35 bits per heavy atom. The van der Waals surface area contributed by atoms with Crippen molar-refractivity contribution in [2.45, 2.75) is 26.2 Å². The lowest BCUT2D eigenvalue weighted by Gasteiger charge is -2.26. The number of amides is 1. The molecule has 0 saturated carbocycles. The van der Waals surface area contributed by atoms with Crippen LogP contribution >= 0.6 is 23.4 Å². The summed E-state index contributed by atoms with van der Waals surface area (Å²) in [6.07, 6.45) is 3.97. The number of likely N-dealkylation sites (tertiary alicyclic amines) is 1. The van der Waals surface area contributed by atoms with E-state index in [1.807, 2.05) is 13.0 Å². The van der Waals surface area contributed by atoms with Crippen LogP contribution in [0.4, 0.5) is 5.69 Å². The summed E-state index contributed by atoms with van der Waals surface area (Å²) in [4.78, 5) is 14.6. The summed E-state index contributed by atoms with van der Waals surface area (Å²) in [5.74, 6) is 2.03. The Labute approximate surface area is 147 Å². The molecule has 128 valence electrons. The Bertz CT molecular complexity index is 534. The number of anilines is 1. The SMILES string of the molecule is COc1cc(Cl)c(C)cc1NC(=O)CSCCN1CCCCC1. The summed E-state index contributed by atoms with van der Waals surface area (Å²) in [6, 6.07) is 3.58. The van der Waals surface area contributed by atoms with Gasteiger partial charge in [-0.3, -0.25) is 4.79 Å². The zero-order chi connectivity index (χ0) is 16.7. The molecule has 6 heteroatoms. The molecule has 1 aromatic carbocycles. The van der Waals surface area contributed by atoms with Gasteiger partial charge in [-0.15, -0.1) is 0 Å². The van der Waals surface area contributed by atoms with Crippen molar-refractivity contribution in [1.29, 1.82) is 0 Å². The fourth-order valence-electron chi connectivity index (χ4n) is 2.66. The molecule has 0 aliphatic carbocycles. The van der Waals surface area contributed by atoms with E-state index in [1.54, 1.807) is 24.9 Å². The molecule has 0 aromatic heterocycles. The molecule has 1 saturated heterocycles. The Morgan fingerprint density at radius 3 is 2.78 bits per heavy atom. The van der Waals surface area contributed by atoms with Crippen molar-refractivity contribution >= 4 is 35.0 Å². The van der Waals surface area contributed by atoms with Crippen LogP contribution in [-0.2, 0) is 4.79 Å². The zero-order valence-corrected chi connectivity index (χ0v) is 15.4. The number of thioether (sulfide) groups is 1. The number of carbonyl (C=O) groups excluding carboxylic acids is 1. The molecule has 0 spiro atoms. The van der Waals surface area contributed by atoms with E-state index < -0.39 is 0 Å². The summed E-state index contributed by atoms with van der Waals surface area (Å²) in [7, 11) is 1.57. The summed E-state index contributed by atoms with van der Waals surface area (Å²) in [5.41, 5.74) is 1.59. The third-order valence-electron chi connectivity index (χ3n) is 3.99. The number of carbonyl (C=O) groups is 1. The molecular weight excluding hydrogens is 332 g/mol. The number of methoxy groups -OCH3 is 1. The van der Waals surface area contributed by atoms with Crippen molar-refractivity contribution in [2.24, 2.45) is 0 Å². The Balaban J connectivity index is 1.75. The predicted molar refractivity (Wildman–Crippen MR) is 99.0 cm³/mol. The quantitative estimate of drug-likeness (QED) is 0.754. The van der Waals surface area contributed by atoms with Crippen LogP contribution in [0.5, 0.6) is 5.75 Å². The first-order chi connectivity index (χ1) is 11.1. The molecule has 1 heterocycles. The molecule has 1 fully saturated rings. The fraction of sp³-hybridized carbons (Fsp3) is 0.588. The fourth-order valence-corrected chi connectivity index (χ4v) is 3.60. The van der Waals surface area contributed by atoms with E-state index in [0.717, 1.165) is 17.9 Å². The third-order valence-corrected chi connectivity index (χ3v) is 5.33. The Kier molecular flexibility index (Phi) is 7.53. The molecular formula is C17H25ClN2O2S. The van der Waals surface area contributed by atoms with E-state index in [-0.39, 0.29) is 5.91 Å². The highest BCUT2D eigenvalue weighted by molar-refractivity contribution is 7.99. The van der Waals surface area contributed by atoms with Gasteiger partial charge >= 0.3 is 0 Å². The van der Waals surface area contributed by atoms with Gasteiger partial charge in [0.1, 0.15) is 5.75 Å². The van der Waals surface area contributed by atoms with Gasteiger partial charge in [0.15, 0.2) is 0 Å². The summed E-state index contributed by atoms with van der Waals surface area (Å²) in [6.45, 7) is 5.38. The maximum absolute atomic E-state index is 12.1. The molecule has 1 N–H and O–H groups in total. The van der Waals surface area contributed by atoms with Gasteiger partial charge in [0.2, 0.25) is 5.91 Å². The molecule has 1 aromatic rings. The highest BCUT2D eigenvalue weighted by Gasteiger charge is 2.12. The van der Waals surface area contributed by atoms with Crippen LogP contribution in [0.1, 0.15) is 24.8 Å². The average Bonchev–Trinajstić information content (AvgIpc) is 2.56. The van der Waals surface area contributed by atoms with Gasteiger partial charge in [0.05, 0.1) is 18.6 Å². The summed E-state index contributed by atoms with van der Waals surface area (Å²) < 4.78 is 5.27. The van der Waals surface area contributed by atoms with Crippen LogP contribution < -0.4 is 10.1 Å². The van der Waals surface area contributed by atoms with Crippen LogP contribution in [0.3, 0.4) is 0 Å². The number of hydrogen-bond donors (Lipinski definition) is 1. The van der Waals surface area contributed by atoms with Crippen molar-refractivity contribution in [3.8, 4) is 5.75 Å². The van der Waals surface area contributed by atoms with Crippen molar-refractivity contribution in [3.63, 3.8) is 0 Å². The molecule has 0 unspecified atom stereocenters. The number of rotatable bonds is 7. The highest BCUT2D eigenvalue weighted by atomic mass is 35.5. The number of aryl methyl sites for hydroxylation is 1. The van der Waals surface area contributed by atoms with Crippen LogP contribution in [0.25, 0.3) is 0 Å². The first-order valence-electron chi connectivity index (χ1n) is 8.04. The van der Waals surface area contributed by atoms with E-state index in [1.165, 1.54) is 32.4 Å². The topological polar surface area (TPSA) is 41.6 Å². The third kappa shape index (κ3) is 5.90. The van der Waals surface area contributed by atoms with Crippen LogP contribution in [0.2, 0.25) is 5.02 Å². The van der Waals surface area contributed by atoms with Crippen LogP contribution in [0, 0.1) is 6.92 Å². The average molecular weight is 357 g/mol. The van der Waals surface area contributed by atoms with Gasteiger partial charge in [-0.25, -0.2) is 0 Å². The first-order valence-corrected chi connectivity index (χ1v) is 9.57. The highest BCUT2D eigenvalue weighted by Crippen LogP contribution is 2.31. The zero-order valence-electron chi connectivity index (χ0n) is 13.9. The maximum Gasteiger partial charge on any atom is 0.234 e. The maximum atomic E-state index is 12.1. The largest absolute Gasteiger partial charge is 0.495 e. The normalized spacial score (nSPS) is 15.4. The minimum absolute atomic E-state index is 0.00586. The van der Waals surface area contributed by atoms with E-state index in [4.69, 9.17) is 16.3 Å². The molecule has 4 nitrogen and oxygen atoms in total. The Morgan fingerprint density at radius 2 is 2.09 bits per heavy atom. The van der Waals surface area contributed by atoms with Gasteiger partial charge in [-0.1, -0.05) is 18.0 Å². The lowest BCUT2D eigenvalue weighted by atomic mass is 10.1. The van der Waals surface area contributed by atoms with Crippen LogP contribution in [-0.4, -0.2) is 49.1 Å². The number of benzene rings is 1. The minimum Gasteiger partial charge on any atom is -0.495 e. The number of nitrogens with one attached hydrogen (secondary N) is 1. The van der Waals surface area contributed by atoms with Gasteiger partial charge in [0, 0.05) is 23.4 Å². The predicted octanol–water partition coefficient (Wildman–Crippen LogP) is 3.81. The standard InChI is InChI=1S/C17H25ClN2O2S/c1-13-10-15(16(22-2)11-14(13)18)19-17(21)12-23-9-8-20-6-4-3-5-7-20/h10-11H,3-9,12H2,1-2H3,(H,19,21). The van der Waals surface area contributed by atoms with Crippen molar-refractivity contribution < 1.29 is 9.53 Å². The van der Waals surface area contributed by atoms with Gasteiger partial charge in [-0.2, -0.15) is 11.8 Å². The van der Waals surface area contributed by atoms with Crippen molar-refractivity contribution in [1.82, 2.24) is 4.90 Å². The molecule has 0 atom stereocenters.